The van der Waals surface area contributed by atoms with Gasteiger partial charge in [-0.05, 0) is 62.1 Å². The van der Waals surface area contributed by atoms with Crippen LogP contribution in [0.4, 0.5) is 0 Å². The fourth-order valence-electron chi connectivity index (χ4n) is 2.71. The number of ether oxygens (including phenoxy) is 3. The molecule has 2 rings (SSSR count). The maximum absolute atomic E-state index is 12.5. The van der Waals surface area contributed by atoms with E-state index in [9.17, 15) is 9.59 Å². The lowest BCUT2D eigenvalue weighted by atomic mass is 10.2. The Kier molecular flexibility index (Phi) is 8.86. The van der Waals surface area contributed by atoms with E-state index in [-0.39, 0.29) is 12.5 Å². The molecule has 0 aliphatic rings. The molecule has 2 aromatic carbocycles. The highest BCUT2D eigenvalue weighted by Gasteiger charge is 2.17. The molecular formula is C22H27NO5S. The van der Waals surface area contributed by atoms with Crippen LogP contribution in [0.3, 0.4) is 0 Å². The van der Waals surface area contributed by atoms with Crippen molar-refractivity contribution < 1.29 is 23.8 Å². The van der Waals surface area contributed by atoms with Crippen LogP contribution in [-0.4, -0.2) is 49.9 Å². The van der Waals surface area contributed by atoms with Gasteiger partial charge in [0.15, 0.2) is 18.1 Å². The number of thioether (sulfide) groups is 1. The van der Waals surface area contributed by atoms with Gasteiger partial charge in [-0.2, -0.15) is 0 Å². The van der Waals surface area contributed by atoms with Crippen LogP contribution in [0.2, 0.25) is 0 Å². The van der Waals surface area contributed by atoms with Gasteiger partial charge >= 0.3 is 5.97 Å². The van der Waals surface area contributed by atoms with Crippen LogP contribution < -0.4 is 9.47 Å². The largest absolute Gasteiger partial charge is 0.493 e. The summed E-state index contributed by atoms with van der Waals surface area (Å²) in [6.45, 7) is 4.91. The van der Waals surface area contributed by atoms with Gasteiger partial charge in [0, 0.05) is 18.0 Å². The molecule has 0 fully saturated rings. The Labute approximate surface area is 176 Å². The average Bonchev–Trinajstić information content (AvgIpc) is 2.76. The second kappa shape index (κ2) is 11.4. The molecule has 2 aromatic rings. The smallest absolute Gasteiger partial charge is 0.338 e. The normalized spacial score (nSPS) is 10.3. The molecule has 0 aliphatic carbocycles. The van der Waals surface area contributed by atoms with Crippen LogP contribution >= 0.6 is 11.8 Å². The lowest BCUT2D eigenvalue weighted by Crippen LogP contribution is -2.34. The van der Waals surface area contributed by atoms with Gasteiger partial charge in [-0.1, -0.05) is 6.07 Å². The number of carbonyl (C=O) groups excluding carboxylic acids is 2. The molecule has 0 heterocycles. The van der Waals surface area contributed by atoms with Crippen molar-refractivity contribution in [1.29, 1.82) is 0 Å². The van der Waals surface area contributed by atoms with Crippen LogP contribution in [-0.2, 0) is 16.1 Å². The minimum absolute atomic E-state index is 0.255. The summed E-state index contributed by atoms with van der Waals surface area (Å²) in [4.78, 5) is 27.4. The highest BCUT2D eigenvalue weighted by atomic mass is 32.2. The van der Waals surface area contributed by atoms with Gasteiger partial charge in [0.25, 0.3) is 5.91 Å². The number of hydrogen-bond acceptors (Lipinski definition) is 6. The van der Waals surface area contributed by atoms with E-state index in [0.29, 0.717) is 36.8 Å². The van der Waals surface area contributed by atoms with Gasteiger partial charge in [-0.25, -0.2) is 4.79 Å². The molecule has 0 saturated carbocycles. The van der Waals surface area contributed by atoms with Crippen LogP contribution in [0.5, 0.6) is 11.5 Å². The minimum atomic E-state index is -0.509. The molecule has 29 heavy (non-hydrogen) atoms. The molecule has 156 valence electrons. The predicted molar refractivity (Wildman–Crippen MR) is 114 cm³/mol. The van der Waals surface area contributed by atoms with Crippen LogP contribution in [0.25, 0.3) is 0 Å². The molecule has 0 saturated heterocycles. The van der Waals surface area contributed by atoms with Crippen molar-refractivity contribution in [2.45, 2.75) is 25.3 Å². The number of rotatable bonds is 10. The Morgan fingerprint density at radius 1 is 1.03 bits per heavy atom. The Morgan fingerprint density at radius 3 is 2.34 bits per heavy atom. The SMILES string of the molecule is CCOc1ccc(CN(CC)C(=O)COC(=O)c2ccc(SC)cc2)cc1OC. The lowest BCUT2D eigenvalue weighted by Gasteiger charge is -2.21. The molecule has 6 nitrogen and oxygen atoms in total. The molecule has 0 unspecified atom stereocenters. The summed E-state index contributed by atoms with van der Waals surface area (Å²) in [5, 5.41) is 0. The Balaban J connectivity index is 1.96. The van der Waals surface area contributed by atoms with Gasteiger partial charge in [0.1, 0.15) is 0 Å². The van der Waals surface area contributed by atoms with Crippen molar-refractivity contribution in [2.75, 3.05) is 33.1 Å². The number of nitrogens with zero attached hydrogens (tertiary/aromatic N) is 1. The first kappa shape index (κ1) is 22.6. The molecule has 7 heteroatoms. The van der Waals surface area contributed by atoms with E-state index >= 15 is 0 Å². The van der Waals surface area contributed by atoms with Gasteiger partial charge in [0.05, 0.1) is 19.3 Å². The molecular weight excluding hydrogens is 390 g/mol. The molecule has 0 aromatic heterocycles. The van der Waals surface area contributed by atoms with Gasteiger partial charge in [-0.15, -0.1) is 11.8 Å². The molecule has 0 spiro atoms. The summed E-state index contributed by atoms with van der Waals surface area (Å²) in [7, 11) is 1.58. The average molecular weight is 418 g/mol. The maximum atomic E-state index is 12.5. The zero-order chi connectivity index (χ0) is 21.2. The molecule has 0 atom stereocenters. The summed E-state index contributed by atoms with van der Waals surface area (Å²) in [5.74, 6) is 0.516. The van der Waals surface area contributed by atoms with Gasteiger partial charge in [0.2, 0.25) is 0 Å². The fraction of sp³-hybridized carbons (Fsp3) is 0.364. The first-order valence-corrected chi connectivity index (χ1v) is 10.6. The van der Waals surface area contributed by atoms with Crippen molar-refractivity contribution in [3.8, 4) is 11.5 Å². The number of amides is 1. The third kappa shape index (κ3) is 6.42. The monoisotopic (exact) mass is 417 g/mol. The summed E-state index contributed by atoms with van der Waals surface area (Å²) < 4.78 is 16.1. The predicted octanol–water partition coefficient (Wildman–Crippen LogP) is 4.02. The maximum Gasteiger partial charge on any atom is 0.338 e. The van der Waals surface area contributed by atoms with E-state index in [1.165, 1.54) is 0 Å². The minimum Gasteiger partial charge on any atom is -0.493 e. The van der Waals surface area contributed by atoms with Crippen molar-refractivity contribution in [3.63, 3.8) is 0 Å². The number of likely N-dealkylation sites (N-methyl/N-ethyl adjacent to an activating group) is 1. The fourth-order valence-corrected chi connectivity index (χ4v) is 3.12. The number of esters is 1. The second-order valence-electron chi connectivity index (χ2n) is 6.13. The molecule has 1 amide bonds. The molecule has 0 bridgehead atoms. The number of benzene rings is 2. The van der Waals surface area contributed by atoms with E-state index in [4.69, 9.17) is 14.2 Å². The molecule has 0 radical (unpaired) electrons. The summed E-state index contributed by atoms with van der Waals surface area (Å²) in [5.41, 5.74) is 1.33. The van der Waals surface area contributed by atoms with Crippen LogP contribution in [0.15, 0.2) is 47.4 Å². The van der Waals surface area contributed by atoms with Crippen LogP contribution in [0, 0.1) is 0 Å². The van der Waals surface area contributed by atoms with Crippen molar-refractivity contribution in [2.24, 2.45) is 0 Å². The third-order valence-electron chi connectivity index (χ3n) is 4.29. The summed E-state index contributed by atoms with van der Waals surface area (Å²) >= 11 is 1.59. The third-order valence-corrected chi connectivity index (χ3v) is 5.03. The lowest BCUT2D eigenvalue weighted by molar-refractivity contribution is -0.134. The number of carbonyl (C=O) groups is 2. The summed E-state index contributed by atoms with van der Waals surface area (Å²) in [6, 6.07) is 12.7. The van der Waals surface area contributed by atoms with E-state index in [0.717, 1.165) is 10.5 Å². The first-order valence-electron chi connectivity index (χ1n) is 9.41. The zero-order valence-electron chi connectivity index (χ0n) is 17.3. The van der Waals surface area contributed by atoms with E-state index in [1.54, 1.807) is 35.9 Å². The number of methoxy groups -OCH3 is 1. The molecule has 0 N–H and O–H groups in total. The highest BCUT2D eigenvalue weighted by Crippen LogP contribution is 2.28. The standard InChI is InChI=1S/C22H27NO5S/c1-5-23(14-16-7-12-19(27-6-2)20(13-16)26-3)21(24)15-28-22(25)17-8-10-18(29-4)11-9-17/h7-13H,5-6,14-15H2,1-4H3. The quantitative estimate of drug-likeness (QED) is 0.430. The number of hydrogen-bond donors (Lipinski definition) is 0. The van der Waals surface area contributed by atoms with E-state index in [1.807, 2.05) is 50.4 Å². The Bertz CT molecular complexity index is 822. The van der Waals surface area contributed by atoms with E-state index in [2.05, 4.69) is 0 Å². The van der Waals surface area contributed by atoms with Gasteiger partial charge in [-0.3, -0.25) is 4.79 Å². The van der Waals surface area contributed by atoms with Crippen LogP contribution in [0.1, 0.15) is 29.8 Å². The van der Waals surface area contributed by atoms with Crippen molar-refractivity contribution in [3.05, 3.63) is 53.6 Å². The van der Waals surface area contributed by atoms with Crippen molar-refractivity contribution in [1.82, 2.24) is 4.90 Å². The second-order valence-corrected chi connectivity index (χ2v) is 7.01. The Hall–Kier alpha value is -2.67. The zero-order valence-corrected chi connectivity index (χ0v) is 18.1. The summed E-state index contributed by atoms with van der Waals surface area (Å²) in [6.07, 6.45) is 1.96. The molecule has 0 aliphatic heterocycles. The van der Waals surface area contributed by atoms with Gasteiger partial charge < -0.3 is 19.1 Å². The highest BCUT2D eigenvalue weighted by molar-refractivity contribution is 7.98. The van der Waals surface area contributed by atoms with E-state index < -0.39 is 5.97 Å². The Morgan fingerprint density at radius 2 is 1.76 bits per heavy atom. The topological polar surface area (TPSA) is 65.1 Å². The van der Waals surface area contributed by atoms with Crippen molar-refractivity contribution >= 4 is 23.6 Å². The first-order chi connectivity index (χ1) is 14.0.